The Hall–Kier alpha value is -1.99. The largest absolute Gasteiger partial charge is 0.378 e. The summed E-state index contributed by atoms with van der Waals surface area (Å²) >= 11 is 3.21. The highest BCUT2D eigenvalue weighted by molar-refractivity contribution is 9.10. The summed E-state index contributed by atoms with van der Waals surface area (Å²) in [4.78, 5) is 18.8. The van der Waals surface area contributed by atoms with E-state index in [0.29, 0.717) is 29.8 Å². The van der Waals surface area contributed by atoms with Crippen molar-refractivity contribution < 1.29 is 13.9 Å². The molecule has 0 saturated carbocycles. The second kappa shape index (κ2) is 7.72. The van der Waals surface area contributed by atoms with Crippen LogP contribution in [-0.4, -0.2) is 37.2 Å². The summed E-state index contributed by atoms with van der Waals surface area (Å²) in [7, 11) is 0. The van der Waals surface area contributed by atoms with E-state index in [-0.39, 0.29) is 11.7 Å². The van der Waals surface area contributed by atoms with Crippen molar-refractivity contribution in [2.24, 2.45) is 0 Å². The molecule has 0 spiro atoms. The van der Waals surface area contributed by atoms with Crippen LogP contribution in [-0.2, 0) is 11.3 Å². The number of nitrogens with one attached hydrogen (secondary N) is 1. The second-order valence-electron chi connectivity index (χ2n) is 5.43. The van der Waals surface area contributed by atoms with Crippen molar-refractivity contribution in [2.75, 3.05) is 31.2 Å². The number of pyridine rings is 1. The average molecular weight is 394 g/mol. The molecular weight excluding hydrogens is 377 g/mol. The first kappa shape index (κ1) is 16.9. The summed E-state index contributed by atoms with van der Waals surface area (Å²) in [6.07, 6.45) is 1.74. The van der Waals surface area contributed by atoms with Crippen LogP contribution in [0.2, 0.25) is 0 Å². The molecule has 0 aliphatic carbocycles. The van der Waals surface area contributed by atoms with Gasteiger partial charge in [-0.2, -0.15) is 0 Å². The molecule has 1 N–H and O–H groups in total. The summed E-state index contributed by atoms with van der Waals surface area (Å²) in [5.41, 5.74) is 1.36. The van der Waals surface area contributed by atoms with Crippen LogP contribution in [0.3, 0.4) is 0 Å². The summed E-state index contributed by atoms with van der Waals surface area (Å²) in [5, 5.41) is 2.84. The van der Waals surface area contributed by atoms with E-state index in [0.717, 1.165) is 24.5 Å². The van der Waals surface area contributed by atoms with Crippen molar-refractivity contribution in [2.45, 2.75) is 6.54 Å². The van der Waals surface area contributed by atoms with Crippen molar-refractivity contribution in [3.05, 3.63) is 57.9 Å². The number of hydrogen-bond donors (Lipinski definition) is 1. The Morgan fingerprint density at radius 3 is 2.83 bits per heavy atom. The molecule has 2 aromatic rings. The quantitative estimate of drug-likeness (QED) is 0.867. The average Bonchev–Trinajstić information content (AvgIpc) is 2.61. The molecule has 24 heavy (non-hydrogen) atoms. The molecule has 126 valence electrons. The monoisotopic (exact) mass is 393 g/mol. The first-order chi connectivity index (χ1) is 11.6. The summed E-state index contributed by atoms with van der Waals surface area (Å²) in [5.74, 6) is 0.238. The van der Waals surface area contributed by atoms with Gasteiger partial charge in [-0.25, -0.2) is 9.37 Å². The Labute approximate surface area is 148 Å². The first-order valence-electron chi connectivity index (χ1n) is 7.64. The number of benzene rings is 1. The Morgan fingerprint density at radius 2 is 2.08 bits per heavy atom. The fourth-order valence-corrected chi connectivity index (χ4v) is 3.02. The Morgan fingerprint density at radius 1 is 1.29 bits per heavy atom. The zero-order valence-corrected chi connectivity index (χ0v) is 14.6. The number of anilines is 1. The van der Waals surface area contributed by atoms with E-state index in [1.807, 2.05) is 12.1 Å². The number of carbonyl (C=O) groups excluding carboxylic acids is 1. The lowest BCUT2D eigenvalue weighted by atomic mass is 10.2. The number of ether oxygens (including phenoxy) is 1. The van der Waals surface area contributed by atoms with Crippen LogP contribution < -0.4 is 10.2 Å². The smallest absolute Gasteiger partial charge is 0.252 e. The maximum Gasteiger partial charge on any atom is 0.252 e. The van der Waals surface area contributed by atoms with Gasteiger partial charge < -0.3 is 15.0 Å². The summed E-state index contributed by atoms with van der Waals surface area (Å²) < 4.78 is 18.9. The number of halogens is 2. The van der Waals surface area contributed by atoms with Crippen molar-refractivity contribution in [3.8, 4) is 0 Å². The van der Waals surface area contributed by atoms with Gasteiger partial charge in [-0.05, 0) is 51.8 Å². The van der Waals surface area contributed by atoms with E-state index < -0.39 is 0 Å². The van der Waals surface area contributed by atoms with Gasteiger partial charge in [0.25, 0.3) is 5.91 Å². The number of amides is 1. The minimum Gasteiger partial charge on any atom is -0.378 e. The van der Waals surface area contributed by atoms with Gasteiger partial charge in [-0.3, -0.25) is 4.79 Å². The molecule has 1 fully saturated rings. The molecule has 1 aromatic carbocycles. The maximum atomic E-state index is 13.1. The van der Waals surface area contributed by atoms with Crippen LogP contribution in [0.1, 0.15) is 15.9 Å². The number of carbonyl (C=O) groups is 1. The van der Waals surface area contributed by atoms with Gasteiger partial charge in [0, 0.05) is 30.3 Å². The van der Waals surface area contributed by atoms with Crippen LogP contribution in [0.25, 0.3) is 0 Å². The van der Waals surface area contributed by atoms with E-state index in [2.05, 4.69) is 31.1 Å². The van der Waals surface area contributed by atoms with Crippen LogP contribution in [0, 0.1) is 5.82 Å². The third-order valence-electron chi connectivity index (χ3n) is 3.77. The standard InChI is InChI=1S/C17H17BrFN3O2/c18-15-10-13(19)1-2-14(15)17(23)21-11-12-3-4-20-16(9-12)22-5-7-24-8-6-22/h1-4,9-10H,5-8,11H2,(H,21,23). The fourth-order valence-electron chi connectivity index (χ4n) is 2.49. The molecule has 7 heteroatoms. The molecule has 1 aliphatic rings. The molecular formula is C17H17BrFN3O2. The van der Waals surface area contributed by atoms with E-state index >= 15 is 0 Å². The summed E-state index contributed by atoms with van der Waals surface area (Å²) in [6.45, 7) is 3.39. The van der Waals surface area contributed by atoms with E-state index in [9.17, 15) is 9.18 Å². The third kappa shape index (κ3) is 4.10. The summed E-state index contributed by atoms with van der Waals surface area (Å²) in [6, 6.07) is 7.83. The SMILES string of the molecule is O=C(NCc1ccnc(N2CCOCC2)c1)c1ccc(F)cc1Br. The predicted molar refractivity (Wildman–Crippen MR) is 92.5 cm³/mol. The molecule has 0 atom stereocenters. The fraction of sp³-hybridized carbons (Fsp3) is 0.294. The van der Waals surface area contributed by atoms with Gasteiger partial charge in [-0.1, -0.05) is 0 Å². The highest BCUT2D eigenvalue weighted by Crippen LogP contribution is 2.18. The van der Waals surface area contributed by atoms with Crippen LogP contribution >= 0.6 is 15.9 Å². The van der Waals surface area contributed by atoms with Crippen LogP contribution in [0.15, 0.2) is 41.0 Å². The minimum absolute atomic E-state index is 0.258. The predicted octanol–water partition coefficient (Wildman–Crippen LogP) is 2.75. The number of hydrogen-bond acceptors (Lipinski definition) is 4. The van der Waals surface area contributed by atoms with Gasteiger partial charge in [0.05, 0.1) is 18.8 Å². The van der Waals surface area contributed by atoms with Gasteiger partial charge in [-0.15, -0.1) is 0 Å². The Bertz CT molecular complexity index is 736. The normalized spacial score (nSPS) is 14.5. The molecule has 1 aromatic heterocycles. The lowest BCUT2D eigenvalue weighted by molar-refractivity contribution is 0.0950. The van der Waals surface area contributed by atoms with E-state index in [1.165, 1.54) is 18.2 Å². The molecule has 0 bridgehead atoms. The molecule has 0 radical (unpaired) electrons. The molecule has 1 aliphatic heterocycles. The number of rotatable bonds is 4. The minimum atomic E-state index is -0.386. The van der Waals surface area contributed by atoms with Crippen molar-refractivity contribution in [1.29, 1.82) is 0 Å². The number of nitrogens with zero attached hydrogens (tertiary/aromatic N) is 2. The molecule has 0 unspecified atom stereocenters. The Kier molecular flexibility index (Phi) is 5.42. The highest BCUT2D eigenvalue weighted by Gasteiger charge is 2.14. The van der Waals surface area contributed by atoms with Gasteiger partial charge in [0.15, 0.2) is 0 Å². The molecule has 2 heterocycles. The lowest BCUT2D eigenvalue weighted by Crippen LogP contribution is -2.36. The topological polar surface area (TPSA) is 54.5 Å². The molecule has 1 amide bonds. The number of morpholine rings is 1. The van der Waals surface area contributed by atoms with E-state index in [1.54, 1.807) is 6.20 Å². The van der Waals surface area contributed by atoms with E-state index in [4.69, 9.17) is 4.74 Å². The first-order valence-corrected chi connectivity index (χ1v) is 8.43. The highest BCUT2D eigenvalue weighted by atomic mass is 79.9. The molecule has 1 saturated heterocycles. The number of aromatic nitrogens is 1. The third-order valence-corrected chi connectivity index (χ3v) is 4.43. The van der Waals surface area contributed by atoms with Crippen molar-refractivity contribution in [3.63, 3.8) is 0 Å². The van der Waals surface area contributed by atoms with Crippen LogP contribution in [0.5, 0.6) is 0 Å². The van der Waals surface area contributed by atoms with Crippen molar-refractivity contribution >= 4 is 27.7 Å². The zero-order valence-electron chi connectivity index (χ0n) is 13.0. The van der Waals surface area contributed by atoms with Crippen molar-refractivity contribution in [1.82, 2.24) is 10.3 Å². The second-order valence-corrected chi connectivity index (χ2v) is 6.28. The van der Waals surface area contributed by atoms with Gasteiger partial charge in [0.1, 0.15) is 11.6 Å². The van der Waals surface area contributed by atoms with Crippen LogP contribution in [0.4, 0.5) is 10.2 Å². The molecule has 3 rings (SSSR count). The van der Waals surface area contributed by atoms with Gasteiger partial charge in [0.2, 0.25) is 0 Å². The molecule has 5 nitrogen and oxygen atoms in total. The Balaban J connectivity index is 1.64. The maximum absolute atomic E-state index is 13.1. The zero-order chi connectivity index (χ0) is 16.9. The van der Waals surface area contributed by atoms with Gasteiger partial charge >= 0.3 is 0 Å². The lowest BCUT2D eigenvalue weighted by Gasteiger charge is -2.28.